The SMILES string of the molecule is CCCCCCOC(=O)CN(Cc1ccccc1)c1ccccc1. The summed E-state index contributed by atoms with van der Waals surface area (Å²) >= 11 is 0. The molecule has 0 aliphatic carbocycles. The number of hydrogen-bond donors (Lipinski definition) is 0. The van der Waals surface area contributed by atoms with Crippen LogP contribution in [0.15, 0.2) is 60.7 Å². The van der Waals surface area contributed by atoms with E-state index in [1.165, 1.54) is 18.4 Å². The first-order valence-corrected chi connectivity index (χ1v) is 8.79. The van der Waals surface area contributed by atoms with E-state index in [4.69, 9.17) is 4.74 Å². The first-order valence-electron chi connectivity index (χ1n) is 8.79. The fraction of sp³-hybridized carbons (Fsp3) is 0.381. The maximum absolute atomic E-state index is 12.2. The van der Waals surface area contributed by atoms with Gasteiger partial charge >= 0.3 is 5.97 Å². The Balaban J connectivity index is 1.92. The molecule has 128 valence electrons. The Morgan fingerprint density at radius 1 is 0.917 bits per heavy atom. The first-order chi connectivity index (χ1) is 11.8. The van der Waals surface area contributed by atoms with Crippen molar-refractivity contribution in [3.63, 3.8) is 0 Å². The molecule has 2 aromatic carbocycles. The van der Waals surface area contributed by atoms with Gasteiger partial charge in [0.2, 0.25) is 0 Å². The molecule has 0 amide bonds. The number of ether oxygens (including phenoxy) is 1. The second-order valence-electron chi connectivity index (χ2n) is 5.96. The molecule has 3 nitrogen and oxygen atoms in total. The number of unbranched alkanes of at least 4 members (excludes halogenated alkanes) is 3. The van der Waals surface area contributed by atoms with Crippen molar-refractivity contribution in [1.82, 2.24) is 0 Å². The minimum atomic E-state index is -0.161. The molecule has 2 aromatic rings. The third-order valence-corrected chi connectivity index (χ3v) is 3.92. The number of esters is 1. The van der Waals surface area contributed by atoms with E-state index in [0.717, 1.165) is 18.5 Å². The molecule has 0 bridgehead atoms. The lowest BCUT2D eigenvalue weighted by molar-refractivity contribution is -0.142. The van der Waals surface area contributed by atoms with Gasteiger partial charge in [-0.2, -0.15) is 0 Å². The Labute approximate surface area is 145 Å². The number of carbonyl (C=O) groups is 1. The van der Waals surface area contributed by atoms with Gasteiger partial charge in [-0.05, 0) is 24.1 Å². The van der Waals surface area contributed by atoms with Gasteiger partial charge in [-0.25, -0.2) is 0 Å². The summed E-state index contributed by atoms with van der Waals surface area (Å²) in [6.07, 6.45) is 4.45. The zero-order chi connectivity index (χ0) is 17.0. The molecule has 0 heterocycles. The van der Waals surface area contributed by atoms with Gasteiger partial charge in [0.15, 0.2) is 0 Å². The molecular formula is C21H27NO2. The first kappa shape index (κ1) is 18.1. The number of hydrogen-bond acceptors (Lipinski definition) is 3. The molecule has 0 aliphatic rings. The highest BCUT2D eigenvalue weighted by Crippen LogP contribution is 2.16. The molecule has 0 unspecified atom stereocenters. The van der Waals surface area contributed by atoms with Crippen molar-refractivity contribution < 1.29 is 9.53 Å². The molecule has 0 radical (unpaired) electrons. The second kappa shape index (κ2) is 10.5. The molecule has 0 aliphatic heterocycles. The molecule has 0 saturated carbocycles. The summed E-state index contributed by atoms with van der Waals surface area (Å²) in [5, 5.41) is 0. The van der Waals surface area contributed by atoms with Crippen LogP contribution in [0.5, 0.6) is 0 Å². The fourth-order valence-corrected chi connectivity index (χ4v) is 2.60. The molecule has 24 heavy (non-hydrogen) atoms. The third-order valence-electron chi connectivity index (χ3n) is 3.92. The van der Waals surface area contributed by atoms with Gasteiger partial charge in [0, 0.05) is 12.2 Å². The number of anilines is 1. The van der Waals surface area contributed by atoms with Crippen molar-refractivity contribution in [1.29, 1.82) is 0 Å². The fourth-order valence-electron chi connectivity index (χ4n) is 2.60. The van der Waals surface area contributed by atoms with E-state index in [2.05, 4.69) is 24.0 Å². The van der Waals surface area contributed by atoms with E-state index < -0.39 is 0 Å². The van der Waals surface area contributed by atoms with Crippen molar-refractivity contribution in [2.75, 3.05) is 18.1 Å². The third kappa shape index (κ3) is 6.45. The van der Waals surface area contributed by atoms with Crippen LogP contribution in [0.2, 0.25) is 0 Å². The number of rotatable bonds is 10. The van der Waals surface area contributed by atoms with E-state index in [-0.39, 0.29) is 12.5 Å². The van der Waals surface area contributed by atoms with Crippen molar-refractivity contribution in [2.24, 2.45) is 0 Å². The Hall–Kier alpha value is -2.29. The van der Waals surface area contributed by atoms with Gasteiger partial charge in [0.25, 0.3) is 0 Å². The maximum Gasteiger partial charge on any atom is 0.325 e. The minimum absolute atomic E-state index is 0.161. The van der Waals surface area contributed by atoms with Crippen molar-refractivity contribution >= 4 is 11.7 Å². The van der Waals surface area contributed by atoms with Gasteiger partial charge in [-0.15, -0.1) is 0 Å². The van der Waals surface area contributed by atoms with Crippen LogP contribution >= 0.6 is 0 Å². The summed E-state index contributed by atoms with van der Waals surface area (Å²) in [6, 6.07) is 20.2. The summed E-state index contributed by atoms with van der Waals surface area (Å²) < 4.78 is 5.40. The maximum atomic E-state index is 12.2. The Kier molecular flexibility index (Phi) is 7.88. The average molecular weight is 325 g/mol. The van der Waals surface area contributed by atoms with Gasteiger partial charge in [0.1, 0.15) is 6.54 Å². The highest BCUT2D eigenvalue weighted by molar-refractivity contribution is 5.75. The average Bonchev–Trinajstić information content (AvgIpc) is 2.62. The van der Waals surface area contributed by atoms with E-state index in [0.29, 0.717) is 13.2 Å². The molecule has 0 atom stereocenters. The van der Waals surface area contributed by atoms with Crippen LogP contribution in [0.3, 0.4) is 0 Å². The van der Waals surface area contributed by atoms with E-state index >= 15 is 0 Å². The molecule has 2 rings (SSSR count). The molecule has 0 aromatic heterocycles. The Bertz CT molecular complexity index is 583. The van der Waals surface area contributed by atoms with E-state index in [1.54, 1.807) is 0 Å². The normalized spacial score (nSPS) is 10.4. The van der Waals surface area contributed by atoms with Crippen molar-refractivity contribution in [3.8, 4) is 0 Å². The van der Waals surface area contributed by atoms with Crippen LogP contribution in [0.1, 0.15) is 38.2 Å². The van der Waals surface area contributed by atoms with Crippen LogP contribution in [0.4, 0.5) is 5.69 Å². The highest BCUT2D eigenvalue weighted by Gasteiger charge is 2.13. The summed E-state index contributed by atoms with van der Waals surface area (Å²) in [6.45, 7) is 3.66. The number of carbonyl (C=O) groups excluding carboxylic acids is 1. The summed E-state index contributed by atoms with van der Waals surface area (Å²) in [4.78, 5) is 14.2. The van der Waals surface area contributed by atoms with Crippen molar-refractivity contribution in [2.45, 2.75) is 39.2 Å². The van der Waals surface area contributed by atoms with Gasteiger partial charge in [-0.1, -0.05) is 74.7 Å². The molecule has 0 saturated heterocycles. The smallest absolute Gasteiger partial charge is 0.325 e. The standard InChI is InChI=1S/C21H27NO2/c1-2-3-4-11-16-24-21(23)18-22(20-14-9-6-10-15-20)17-19-12-7-5-8-13-19/h5-10,12-15H,2-4,11,16-18H2,1H3. The van der Waals surface area contributed by atoms with Crippen LogP contribution in [0, 0.1) is 0 Å². The number of nitrogens with zero attached hydrogens (tertiary/aromatic N) is 1. The highest BCUT2D eigenvalue weighted by atomic mass is 16.5. The molecule has 0 N–H and O–H groups in total. The molecule has 0 spiro atoms. The summed E-state index contributed by atoms with van der Waals surface area (Å²) in [5.41, 5.74) is 2.21. The van der Waals surface area contributed by atoms with Crippen LogP contribution < -0.4 is 4.90 Å². The van der Waals surface area contributed by atoms with Gasteiger partial charge in [0.05, 0.1) is 6.61 Å². The lowest BCUT2D eigenvalue weighted by atomic mass is 10.2. The molecular weight excluding hydrogens is 298 g/mol. The topological polar surface area (TPSA) is 29.5 Å². The second-order valence-corrected chi connectivity index (χ2v) is 5.96. The summed E-state index contributed by atoms with van der Waals surface area (Å²) in [7, 11) is 0. The largest absolute Gasteiger partial charge is 0.464 e. The predicted octanol–water partition coefficient (Wildman–Crippen LogP) is 4.82. The predicted molar refractivity (Wildman–Crippen MR) is 99.0 cm³/mol. The summed E-state index contributed by atoms with van der Waals surface area (Å²) in [5.74, 6) is -0.161. The number of benzene rings is 2. The van der Waals surface area contributed by atoms with Gasteiger partial charge < -0.3 is 9.64 Å². The quantitative estimate of drug-likeness (QED) is 0.463. The number of para-hydroxylation sites is 1. The van der Waals surface area contributed by atoms with Crippen LogP contribution in [0.25, 0.3) is 0 Å². The zero-order valence-corrected chi connectivity index (χ0v) is 14.5. The molecule has 3 heteroatoms. The Morgan fingerprint density at radius 2 is 1.58 bits per heavy atom. The van der Waals surface area contributed by atoms with E-state index in [1.807, 2.05) is 48.5 Å². The zero-order valence-electron chi connectivity index (χ0n) is 14.5. The van der Waals surface area contributed by atoms with Crippen LogP contribution in [-0.4, -0.2) is 19.1 Å². The lowest BCUT2D eigenvalue weighted by Gasteiger charge is -2.24. The Morgan fingerprint density at radius 3 is 2.25 bits per heavy atom. The van der Waals surface area contributed by atoms with Crippen molar-refractivity contribution in [3.05, 3.63) is 66.2 Å². The monoisotopic (exact) mass is 325 g/mol. The lowest BCUT2D eigenvalue weighted by Crippen LogP contribution is -2.30. The van der Waals surface area contributed by atoms with Gasteiger partial charge in [-0.3, -0.25) is 4.79 Å². The minimum Gasteiger partial charge on any atom is -0.464 e. The van der Waals surface area contributed by atoms with E-state index in [9.17, 15) is 4.79 Å². The van der Waals surface area contributed by atoms with Crippen LogP contribution in [-0.2, 0) is 16.1 Å². The molecule has 0 fully saturated rings.